The molecule has 7 nitrogen and oxygen atoms in total. The minimum atomic E-state index is -1.01. The Morgan fingerprint density at radius 2 is 1.97 bits per heavy atom. The van der Waals surface area contributed by atoms with E-state index >= 15 is 0 Å². The van der Waals surface area contributed by atoms with Gasteiger partial charge in [0.25, 0.3) is 0 Å². The van der Waals surface area contributed by atoms with Gasteiger partial charge in [-0.1, -0.05) is 19.4 Å². The highest BCUT2D eigenvalue weighted by Gasteiger charge is 2.82. The number of ketones is 1. The van der Waals surface area contributed by atoms with Gasteiger partial charge in [-0.15, -0.1) is 0 Å². The number of methoxy groups -OCH3 is 2. The van der Waals surface area contributed by atoms with E-state index in [1.807, 2.05) is 0 Å². The first-order valence-corrected chi connectivity index (χ1v) is 11.8. The standard InChI is InChI=1S/C25H34O7/c1-22-8-5-15(26)11-14(22)12-16(21(28)31-4)20-17-6-9-24(29,10-7-19(27)30-3)23(17,2)13-18-25(20,22)32-18/h11,16-18,20,29H,5-10,12-13H2,1-4H3/t16-,17+,18-,20+,22+,23+,24+,25-/m1/s1. The van der Waals surface area contributed by atoms with Crippen molar-refractivity contribution < 1.29 is 33.7 Å². The first-order chi connectivity index (χ1) is 15.1. The largest absolute Gasteiger partial charge is 0.469 e. The van der Waals surface area contributed by atoms with Crippen LogP contribution in [0.15, 0.2) is 11.6 Å². The predicted molar refractivity (Wildman–Crippen MR) is 113 cm³/mol. The second kappa shape index (κ2) is 6.89. The predicted octanol–water partition coefficient (Wildman–Crippen LogP) is 2.73. The number of ether oxygens (including phenoxy) is 3. The van der Waals surface area contributed by atoms with E-state index in [0.29, 0.717) is 32.1 Å². The van der Waals surface area contributed by atoms with Gasteiger partial charge in [0.2, 0.25) is 0 Å². The number of carbonyl (C=O) groups excluding carboxylic acids is 3. The smallest absolute Gasteiger partial charge is 0.309 e. The summed E-state index contributed by atoms with van der Waals surface area (Å²) in [5.74, 6) is -0.878. The molecule has 4 fully saturated rings. The van der Waals surface area contributed by atoms with Crippen LogP contribution in [0, 0.1) is 28.6 Å². The van der Waals surface area contributed by atoms with Crippen LogP contribution >= 0.6 is 0 Å². The number of carbonyl (C=O) groups is 3. The van der Waals surface area contributed by atoms with E-state index in [0.717, 1.165) is 18.4 Å². The third-order valence-corrected chi connectivity index (χ3v) is 10.2. The maximum Gasteiger partial charge on any atom is 0.309 e. The first kappa shape index (κ1) is 22.1. The third-order valence-electron chi connectivity index (χ3n) is 10.2. The summed E-state index contributed by atoms with van der Waals surface area (Å²) < 4.78 is 16.6. The quantitative estimate of drug-likeness (QED) is 0.523. The van der Waals surface area contributed by atoms with Crippen molar-refractivity contribution in [2.45, 2.75) is 82.5 Å². The molecule has 7 heteroatoms. The molecule has 0 amide bonds. The van der Waals surface area contributed by atoms with E-state index in [-0.39, 0.29) is 47.5 Å². The summed E-state index contributed by atoms with van der Waals surface area (Å²) in [6.45, 7) is 4.31. The summed E-state index contributed by atoms with van der Waals surface area (Å²) in [6, 6.07) is 0. The zero-order valence-electron chi connectivity index (χ0n) is 19.4. The van der Waals surface area contributed by atoms with Gasteiger partial charge in [0.15, 0.2) is 5.78 Å². The molecule has 1 spiro atoms. The van der Waals surface area contributed by atoms with Gasteiger partial charge in [-0.3, -0.25) is 14.4 Å². The summed E-state index contributed by atoms with van der Waals surface area (Å²) >= 11 is 0. The van der Waals surface area contributed by atoms with Crippen molar-refractivity contribution in [1.29, 1.82) is 0 Å². The van der Waals surface area contributed by atoms with Crippen molar-refractivity contribution in [2.24, 2.45) is 28.6 Å². The lowest BCUT2D eigenvalue weighted by Gasteiger charge is -2.58. The van der Waals surface area contributed by atoms with Gasteiger partial charge < -0.3 is 19.3 Å². The van der Waals surface area contributed by atoms with Crippen LogP contribution in [0.5, 0.6) is 0 Å². The monoisotopic (exact) mass is 446 g/mol. The van der Waals surface area contributed by atoms with Crippen molar-refractivity contribution in [2.75, 3.05) is 14.2 Å². The highest BCUT2D eigenvalue weighted by molar-refractivity contribution is 5.92. The number of esters is 2. The molecule has 5 aliphatic rings. The van der Waals surface area contributed by atoms with Crippen molar-refractivity contribution in [1.82, 2.24) is 0 Å². The van der Waals surface area contributed by atoms with Crippen molar-refractivity contribution in [3.8, 4) is 0 Å². The fourth-order valence-corrected chi connectivity index (χ4v) is 8.32. The molecule has 0 aromatic carbocycles. The van der Waals surface area contributed by atoms with Crippen LogP contribution in [0.1, 0.15) is 65.2 Å². The fraction of sp³-hybridized carbons (Fsp3) is 0.800. The fourth-order valence-electron chi connectivity index (χ4n) is 8.32. The second-order valence-electron chi connectivity index (χ2n) is 11.1. The van der Waals surface area contributed by atoms with Gasteiger partial charge >= 0.3 is 11.9 Å². The summed E-state index contributed by atoms with van der Waals surface area (Å²) in [7, 11) is 2.78. The van der Waals surface area contributed by atoms with E-state index in [4.69, 9.17) is 14.2 Å². The molecule has 4 aliphatic carbocycles. The average Bonchev–Trinajstić information content (AvgIpc) is 3.43. The van der Waals surface area contributed by atoms with E-state index < -0.39 is 22.5 Å². The molecule has 3 saturated carbocycles. The van der Waals surface area contributed by atoms with Gasteiger partial charge in [-0.2, -0.15) is 0 Å². The van der Waals surface area contributed by atoms with Crippen LogP contribution in [0.2, 0.25) is 0 Å². The Hall–Kier alpha value is -1.73. The van der Waals surface area contributed by atoms with E-state index in [1.165, 1.54) is 14.2 Å². The number of aliphatic hydroxyl groups is 1. The molecule has 1 heterocycles. The van der Waals surface area contributed by atoms with Gasteiger partial charge in [0.1, 0.15) is 5.60 Å². The maximum atomic E-state index is 13.0. The number of rotatable bonds is 4. The van der Waals surface area contributed by atoms with E-state index in [9.17, 15) is 19.5 Å². The molecule has 1 N–H and O–H groups in total. The average molecular weight is 447 g/mol. The summed E-state index contributed by atoms with van der Waals surface area (Å²) in [4.78, 5) is 37.1. The third kappa shape index (κ3) is 2.58. The van der Waals surface area contributed by atoms with Crippen molar-refractivity contribution in [3.05, 3.63) is 11.6 Å². The zero-order valence-corrected chi connectivity index (χ0v) is 19.4. The molecular weight excluding hydrogens is 412 g/mol. The zero-order chi connectivity index (χ0) is 23.1. The van der Waals surface area contributed by atoms with Gasteiger partial charge in [0, 0.05) is 29.6 Å². The molecule has 0 bridgehead atoms. The highest BCUT2D eigenvalue weighted by atomic mass is 16.6. The van der Waals surface area contributed by atoms with Crippen LogP contribution in [0.25, 0.3) is 0 Å². The van der Waals surface area contributed by atoms with Crippen LogP contribution in [0.3, 0.4) is 0 Å². The number of fused-ring (bicyclic) bond motifs is 3. The van der Waals surface area contributed by atoms with Crippen LogP contribution < -0.4 is 0 Å². The lowest BCUT2D eigenvalue weighted by molar-refractivity contribution is -0.163. The molecule has 5 rings (SSSR count). The van der Waals surface area contributed by atoms with Crippen LogP contribution in [0.4, 0.5) is 0 Å². The Morgan fingerprint density at radius 3 is 2.66 bits per heavy atom. The van der Waals surface area contributed by atoms with E-state index in [2.05, 4.69) is 13.8 Å². The van der Waals surface area contributed by atoms with Crippen molar-refractivity contribution in [3.63, 3.8) is 0 Å². The Kier molecular flexibility index (Phi) is 4.75. The molecule has 0 radical (unpaired) electrons. The van der Waals surface area contributed by atoms with E-state index in [1.54, 1.807) is 6.08 Å². The van der Waals surface area contributed by atoms with Crippen molar-refractivity contribution >= 4 is 17.7 Å². The Morgan fingerprint density at radius 1 is 1.22 bits per heavy atom. The number of epoxide rings is 1. The van der Waals surface area contributed by atoms with Gasteiger partial charge in [-0.05, 0) is 50.5 Å². The van der Waals surface area contributed by atoms with Gasteiger partial charge in [0.05, 0.1) is 31.8 Å². The number of hydrogen-bond donors (Lipinski definition) is 1. The van der Waals surface area contributed by atoms with Crippen LogP contribution in [-0.2, 0) is 28.6 Å². The highest BCUT2D eigenvalue weighted by Crippen LogP contribution is 2.77. The molecular formula is C25H34O7. The second-order valence-corrected chi connectivity index (χ2v) is 11.1. The normalized spacial score (nSPS) is 48.5. The topological polar surface area (TPSA) is 102 Å². The molecule has 0 aromatic rings. The Bertz CT molecular complexity index is 910. The summed E-state index contributed by atoms with van der Waals surface area (Å²) in [5, 5.41) is 11.8. The minimum absolute atomic E-state index is 0.0731. The minimum Gasteiger partial charge on any atom is -0.469 e. The Labute approximate surface area is 188 Å². The molecule has 0 unspecified atom stereocenters. The summed E-state index contributed by atoms with van der Waals surface area (Å²) in [5.41, 5.74) is -1.23. The lowest BCUT2D eigenvalue weighted by Crippen LogP contribution is -2.63. The molecule has 1 aliphatic heterocycles. The Balaban J connectivity index is 1.56. The first-order valence-electron chi connectivity index (χ1n) is 11.8. The molecule has 32 heavy (non-hydrogen) atoms. The van der Waals surface area contributed by atoms with Gasteiger partial charge in [-0.25, -0.2) is 0 Å². The molecule has 176 valence electrons. The number of hydrogen-bond acceptors (Lipinski definition) is 7. The van der Waals surface area contributed by atoms with Crippen LogP contribution in [-0.4, -0.2) is 54.4 Å². The maximum absolute atomic E-state index is 13.0. The lowest BCUT2D eigenvalue weighted by atomic mass is 9.43. The molecule has 0 aromatic heterocycles. The molecule has 8 atom stereocenters. The SMILES string of the molecule is COC(=O)CC[C@@]1(O)CC[C@H]2[C@@H]3[C@H](C(=O)OC)CC4=CC(=O)CC[C@]4(C)[C@]34O[C@@H]4C[C@@]21C. The summed E-state index contributed by atoms with van der Waals surface area (Å²) in [6.07, 6.45) is 5.98. The molecule has 1 saturated heterocycles.